The third-order valence-corrected chi connectivity index (χ3v) is 0. The van der Waals surface area contributed by atoms with Crippen LogP contribution in [-0.4, -0.2) is 0 Å². The molecule has 0 aromatic heterocycles. The first-order chi connectivity index (χ1) is 2.73. The van der Waals surface area contributed by atoms with Gasteiger partial charge in [-0.1, -0.05) is 0 Å². The molecular weight excluding hydrogens is 229 g/mol. The second kappa shape index (κ2) is 10.00. The standard InChI is InChI=1S/3ClH.Co.O.Ti/h3*1H;;;/q;;;+3;;/p-3. The van der Waals surface area contributed by atoms with Crippen molar-refractivity contribution in [3.05, 3.63) is 0 Å². The average molecular weight is 229 g/mol. The quantitative estimate of drug-likeness (QED) is 0.580. The normalized spacial score (nSPS) is 8.00. The van der Waals surface area contributed by atoms with Gasteiger partial charge >= 0.3 is 65.1 Å². The first kappa shape index (κ1) is 10.8. The van der Waals surface area contributed by atoms with E-state index in [1.807, 2.05) is 0 Å². The van der Waals surface area contributed by atoms with Crippen LogP contribution in [0.4, 0.5) is 0 Å². The molecule has 0 aromatic carbocycles. The number of hydrogen-bond acceptors (Lipinski definition) is 1. The Morgan fingerprint density at radius 1 is 1.17 bits per heavy atom. The molecule has 0 fully saturated rings. The topological polar surface area (TPSA) is 17.1 Å². The van der Waals surface area contributed by atoms with E-state index in [2.05, 4.69) is 0 Å². The van der Waals surface area contributed by atoms with Gasteiger partial charge < -0.3 is 0 Å². The Kier molecular flexibility index (Phi) is 18.0. The van der Waals surface area contributed by atoms with Gasteiger partial charge in [0, 0.05) is 0 Å². The summed E-state index contributed by atoms with van der Waals surface area (Å²) in [6.07, 6.45) is 0. The van der Waals surface area contributed by atoms with Crippen LogP contribution in [0.2, 0.25) is 0 Å². The summed E-state index contributed by atoms with van der Waals surface area (Å²) in [6, 6.07) is 0. The summed E-state index contributed by atoms with van der Waals surface area (Å²) in [5.74, 6) is 0. The van der Waals surface area contributed by atoms with Crippen molar-refractivity contribution in [1.29, 1.82) is 0 Å². The van der Waals surface area contributed by atoms with Crippen molar-refractivity contribution in [1.82, 2.24) is 0 Å². The minimum absolute atomic E-state index is 0.750. The minimum atomic E-state index is -1.19. The molecule has 0 unspecified atom stereocenters. The Labute approximate surface area is 64.6 Å². The number of rotatable bonds is 0. The van der Waals surface area contributed by atoms with Crippen molar-refractivity contribution in [2.45, 2.75) is 0 Å². The summed E-state index contributed by atoms with van der Waals surface area (Å²) in [4.78, 5) is 0. The van der Waals surface area contributed by atoms with Gasteiger partial charge in [-0.2, -0.15) is 0 Å². The molecule has 0 saturated heterocycles. The molecule has 0 amide bonds. The van der Waals surface area contributed by atoms with Gasteiger partial charge in [-0.25, -0.2) is 0 Å². The van der Waals surface area contributed by atoms with E-state index in [0.29, 0.717) is 0 Å². The molecular formula is Cl3CoOTi. The molecule has 0 bridgehead atoms. The summed E-state index contributed by atoms with van der Waals surface area (Å²) >= 11 is 0.750. The Morgan fingerprint density at radius 3 is 1.17 bits per heavy atom. The molecule has 0 atom stereocenters. The van der Waals surface area contributed by atoms with E-state index in [1.54, 1.807) is 0 Å². The van der Waals surface area contributed by atoms with Crippen LogP contribution in [-0.2, 0) is 34.7 Å². The maximum absolute atomic E-state index is 8.25. The van der Waals surface area contributed by atoms with E-state index in [1.165, 1.54) is 0 Å². The fraction of sp³-hybridized carbons (Fsp3) is 0. The van der Waals surface area contributed by atoms with Crippen LogP contribution >= 0.6 is 30.4 Å². The van der Waals surface area contributed by atoms with Crippen LogP contribution in [0.25, 0.3) is 0 Å². The second-order valence-electron chi connectivity index (χ2n) is 0.143. The van der Waals surface area contributed by atoms with Crippen LogP contribution < -0.4 is 0 Å². The molecule has 0 radical (unpaired) electrons. The van der Waals surface area contributed by atoms with E-state index < -0.39 is 10.9 Å². The van der Waals surface area contributed by atoms with Gasteiger partial charge in [0.25, 0.3) is 0 Å². The number of hydrogen-bond donors (Lipinski definition) is 0. The zero-order valence-corrected chi connectivity index (χ0v) is 7.25. The molecule has 6 heteroatoms. The molecule has 0 heterocycles. The molecule has 1 nitrogen and oxygen atoms in total. The summed E-state index contributed by atoms with van der Waals surface area (Å²) in [7, 11) is 13.4. The van der Waals surface area contributed by atoms with Crippen molar-refractivity contribution >= 4 is 30.4 Å². The van der Waals surface area contributed by atoms with Gasteiger partial charge in [-0.15, -0.1) is 0 Å². The van der Waals surface area contributed by atoms with Crippen molar-refractivity contribution in [3.63, 3.8) is 0 Å². The Morgan fingerprint density at radius 2 is 1.17 bits per heavy atom. The molecule has 0 spiro atoms. The van der Waals surface area contributed by atoms with E-state index in [4.69, 9.17) is 33.8 Å². The summed E-state index contributed by atoms with van der Waals surface area (Å²) in [5.41, 5.74) is 0. The van der Waals surface area contributed by atoms with Gasteiger partial charge in [0.2, 0.25) is 0 Å². The van der Waals surface area contributed by atoms with Gasteiger partial charge in [0.1, 0.15) is 0 Å². The molecule has 0 N–H and O–H groups in total. The molecule has 0 aliphatic rings. The molecule has 0 rings (SSSR count). The predicted octanol–water partition coefficient (Wildman–Crippen LogP) is 1.94. The molecule has 0 saturated carbocycles. The zero-order valence-electron chi connectivity index (χ0n) is 2.38. The molecule has 0 aliphatic carbocycles. The third kappa shape index (κ3) is 39.4. The van der Waals surface area contributed by atoms with Crippen LogP contribution in [0.3, 0.4) is 0 Å². The van der Waals surface area contributed by atoms with E-state index in [0.717, 1.165) is 20.4 Å². The fourth-order valence-electron chi connectivity index (χ4n) is 0. The third-order valence-electron chi connectivity index (χ3n) is 0. The Balaban J connectivity index is 0. The Hall–Kier alpha value is 1.89. The van der Waals surface area contributed by atoms with Crippen molar-refractivity contribution in [3.8, 4) is 0 Å². The SMILES string of the molecule is [Cl][Co]([Cl])[Cl].[O]=[Ti]. The number of halogens is 3. The second-order valence-corrected chi connectivity index (χ2v) is 5.30. The summed E-state index contributed by atoms with van der Waals surface area (Å²) in [5, 5.41) is 0. The summed E-state index contributed by atoms with van der Waals surface area (Å²) < 4.78 is 8.25. The van der Waals surface area contributed by atoms with Crippen LogP contribution in [0.5, 0.6) is 0 Å². The van der Waals surface area contributed by atoms with Gasteiger partial charge in [0.05, 0.1) is 0 Å². The van der Waals surface area contributed by atoms with Gasteiger partial charge in [-0.05, 0) is 0 Å². The van der Waals surface area contributed by atoms with E-state index in [9.17, 15) is 0 Å². The Bertz CT molecular complexity index is 22.0. The first-order valence-corrected chi connectivity index (χ1v) is 5.52. The monoisotopic (exact) mass is 228 g/mol. The van der Waals surface area contributed by atoms with Gasteiger partial charge in [0.15, 0.2) is 0 Å². The molecule has 0 aliphatic heterocycles. The fourth-order valence-corrected chi connectivity index (χ4v) is 0. The maximum atomic E-state index is 8.25. The van der Waals surface area contributed by atoms with Crippen LogP contribution in [0.15, 0.2) is 0 Å². The van der Waals surface area contributed by atoms with Crippen molar-refractivity contribution in [2.75, 3.05) is 0 Å². The van der Waals surface area contributed by atoms with Crippen molar-refractivity contribution < 1.29 is 34.7 Å². The van der Waals surface area contributed by atoms with Gasteiger partial charge in [-0.3, -0.25) is 0 Å². The van der Waals surface area contributed by atoms with E-state index >= 15 is 0 Å². The van der Waals surface area contributed by atoms with Crippen LogP contribution in [0, 0.1) is 0 Å². The van der Waals surface area contributed by atoms with Crippen molar-refractivity contribution in [2.24, 2.45) is 0 Å². The molecule has 0 aromatic rings. The van der Waals surface area contributed by atoms with Crippen LogP contribution in [0.1, 0.15) is 0 Å². The average Bonchev–Trinajstić information content (AvgIpc) is 1.41. The molecule has 6 heavy (non-hydrogen) atoms. The molecule has 40 valence electrons. The predicted molar refractivity (Wildman–Crippen MR) is 18.2 cm³/mol. The summed E-state index contributed by atoms with van der Waals surface area (Å²) in [6.45, 7) is 0. The van der Waals surface area contributed by atoms with E-state index in [-0.39, 0.29) is 0 Å². The zero-order chi connectivity index (χ0) is 5.58. The first-order valence-electron chi connectivity index (χ1n) is 0.582.